The predicted octanol–water partition coefficient (Wildman–Crippen LogP) is 5.85. The Balaban J connectivity index is 2.02. The number of halogens is 3. The number of rotatable bonds is 3. The van der Waals surface area contributed by atoms with Crippen molar-refractivity contribution in [3.05, 3.63) is 95.2 Å². The first-order valence-corrected chi connectivity index (χ1v) is 11.5. The van der Waals surface area contributed by atoms with Gasteiger partial charge in [-0.1, -0.05) is 60.7 Å². The van der Waals surface area contributed by atoms with Crippen LogP contribution in [0.5, 0.6) is 0 Å². The van der Waals surface area contributed by atoms with Crippen LogP contribution in [0.4, 0.5) is 13.2 Å². The predicted molar refractivity (Wildman–Crippen MR) is 116 cm³/mol. The van der Waals surface area contributed by atoms with Crippen LogP contribution in [0.25, 0.3) is 16.5 Å². The van der Waals surface area contributed by atoms with Crippen LogP contribution in [0.2, 0.25) is 0 Å². The molecule has 3 nitrogen and oxygen atoms in total. The average molecular weight is 443 g/mol. The Labute approximate surface area is 178 Å². The lowest BCUT2D eigenvalue weighted by Crippen LogP contribution is -2.35. The Hall–Kier alpha value is -2.93. The molecule has 0 spiro atoms. The number of aromatic nitrogens is 1. The fourth-order valence-electron chi connectivity index (χ4n) is 4.17. The third kappa shape index (κ3) is 3.67. The lowest BCUT2D eigenvalue weighted by Gasteiger charge is -2.34. The molecule has 0 saturated carbocycles. The molecular formula is C24H20F3NO2S. The molecule has 1 heterocycles. The van der Waals surface area contributed by atoms with E-state index in [0.29, 0.717) is 11.3 Å². The third-order valence-electron chi connectivity index (χ3n) is 5.65. The van der Waals surface area contributed by atoms with Crippen molar-refractivity contribution in [3.8, 4) is 0 Å². The van der Waals surface area contributed by atoms with Crippen molar-refractivity contribution in [2.75, 3.05) is 6.26 Å². The Morgan fingerprint density at radius 2 is 1.74 bits per heavy atom. The molecule has 1 aliphatic rings. The number of sulfone groups is 1. The van der Waals surface area contributed by atoms with Gasteiger partial charge in [-0.2, -0.15) is 13.2 Å². The van der Waals surface area contributed by atoms with Crippen LogP contribution < -0.4 is 0 Å². The molecule has 1 aromatic heterocycles. The molecular weight excluding hydrogens is 423 g/mol. The van der Waals surface area contributed by atoms with E-state index in [4.69, 9.17) is 0 Å². The summed E-state index contributed by atoms with van der Waals surface area (Å²) >= 11 is 0. The maximum atomic E-state index is 13.7. The van der Waals surface area contributed by atoms with Crippen LogP contribution in [0.1, 0.15) is 28.8 Å². The van der Waals surface area contributed by atoms with Gasteiger partial charge >= 0.3 is 6.18 Å². The fourth-order valence-corrected chi connectivity index (χ4v) is 5.48. The zero-order valence-electron chi connectivity index (χ0n) is 16.9. The summed E-state index contributed by atoms with van der Waals surface area (Å²) in [5.41, 5.74) is 1.18. The summed E-state index contributed by atoms with van der Waals surface area (Å²) in [5, 5.41) is 0.185. The molecule has 1 unspecified atom stereocenters. The van der Waals surface area contributed by atoms with Gasteiger partial charge in [0, 0.05) is 23.8 Å². The zero-order valence-corrected chi connectivity index (χ0v) is 17.8. The topological polar surface area (TPSA) is 47.0 Å². The highest BCUT2D eigenvalue weighted by atomic mass is 32.2. The second-order valence-corrected chi connectivity index (χ2v) is 10.0. The summed E-state index contributed by atoms with van der Waals surface area (Å²) in [6, 6.07) is 14.7. The van der Waals surface area contributed by atoms with E-state index in [1.165, 1.54) is 12.1 Å². The van der Waals surface area contributed by atoms with E-state index in [1.807, 2.05) is 36.4 Å². The summed E-state index contributed by atoms with van der Waals surface area (Å²) in [4.78, 5) is 4.13. The maximum Gasteiger partial charge on any atom is 0.418 e. The number of aryl methyl sites for hydroxylation is 1. The number of fused-ring (bicyclic) bond motifs is 1. The minimum absolute atomic E-state index is 0.112. The van der Waals surface area contributed by atoms with E-state index in [-0.39, 0.29) is 17.3 Å². The second-order valence-electron chi connectivity index (χ2n) is 7.77. The number of allylic oxidation sites excluding steroid dienone is 3. The summed E-state index contributed by atoms with van der Waals surface area (Å²) in [6.07, 6.45) is 1.72. The Bertz CT molecular complexity index is 1330. The fraction of sp³-hybridized carbons (Fsp3) is 0.208. The van der Waals surface area contributed by atoms with Gasteiger partial charge in [0.15, 0.2) is 9.84 Å². The Morgan fingerprint density at radius 3 is 2.39 bits per heavy atom. The molecule has 1 atom stereocenters. The first-order chi connectivity index (χ1) is 14.5. The lowest BCUT2D eigenvalue weighted by atomic mass is 9.82. The van der Waals surface area contributed by atoms with Gasteiger partial charge in [-0.3, -0.25) is 4.98 Å². The van der Waals surface area contributed by atoms with E-state index in [1.54, 1.807) is 25.1 Å². The summed E-state index contributed by atoms with van der Waals surface area (Å²) in [7, 11) is -3.77. The van der Waals surface area contributed by atoms with Crippen molar-refractivity contribution in [2.24, 2.45) is 0 Å². The van der Waals surface area contributed by atoms with Crippen LogP contribution in [-0.2, 0) is 20.8 Å². The molecule has 0 fully saturated rings. The van der Waals surface area contributed by atoms with Crippen LogP contribution in [0.3, 0.4) is 0 Å². The Kier molecular flexibility index (Phi) is 5.04. The van der Waals surface area contributed by atoms with E-state index >= 15 is 0 Å². The monoisotopic (exact) mass is 443 g/mol. The molecule has 3 aromatic rings. The molecule has 4 rings (SSSR count). The van der Waals surface area contributed by atoms with Crippen LogP contribution in [-0.4, -0.2) is 19.7 Å². The molecule has 2 aromatic carbocycles. The van der Waals surface area contributed by atoms with E-state index in [9.17, 15) is 21.6 Å². The molecule has 0 saturated heterocycles. The molecule has 7 heteroatoms. The zero-order chi connectivity index (χ0) is 22.4. The minimum atomic E-state index is -4.60. The molecule has 31 heavy (non-hydrogen) atoms. The van der Waals surface area contributed by atoms with Crippen LogP contribution >= 0.6 is 0 Å². The first-order valence-electron chi connectivity index (χ1n) is 9.64. The highest BCUT2D eigenvalue weighted by molar-refractivity contribution is 7.91. The normalized spacial score (nSPS) is 19.5. The molecule has 0 bridgehead atoms. The van der Waals surface area contributed by atoms with Gasteiger partial charge in [-0.25, -0.2) is 8.42 Å². The smallest absolute Gasteiger partial charge is 0.252 e. The highest BCUT2D eigenvalue weighted by Gasteiger charge is 2.44. The van der Waals surface area contributed by atoms with Crippen molar-refractivity contribution >= 4 is 26.3 Å². The van der Waals surface area contributed by atoms with Crippen LogP contribution in [0, 0.1) is 6.92 Å². The number of hydrogen-bond donors (Lipinski definition) is 0. The van der Waals surface area contributed by atoms with Gasteiger partial charge in [0.2, 0.25) is 0 Å². The van der Waals surface area contributed by atoms with Crippen molar-refractivity contribution in [1.82, 2.24) is 4.98 Å². The molecule has 0 aliphatic heterocycles. The molecule has 1 aliphatic carbocycles. The molecule has 0 radical (unpaired) electrons. The number of nitrogens with zero attached hydrogens (tertiary/aromatic N) is 1. The summed E-state index contributed by atoms with van der Waals surface area (Å²) in [5.74, 6) is 0. The number of benzene rings is 2. The van der Waals surface area contributed by atoms with Gasteiger partial charge < -0.3 is 0 Å². The summed E-state index contributed by atoms with van der Waals surface area (Å²) < 4.78 is 65.9. The largest absolute Gasteiger partial charge is 0.418 e. The first kappa shape index (κ1) is 21.3. The minimum Gasteiger partial charge on any atom is -0.252 e. The van der Waals surface area contributed by atoms with Crippen molar-refractivity contribution in [1.29, 1.82) is 0 Å². The van der Waals surface area contributed by atoms with Crippen molar-refractivity contribution in [2.45, 2.75) is 24.3 Å². The van der Waals surface area contributed by atoms with E-state index in [0.717, 1.165) is 23.5 Å². The molecule has 160 valence electrons. The number of hydrogen-bond acceptors (Lipinski definition) is 3. The average Bonchev–Trinajstić information content (AvgIpc) is 2.72. The van der Waals surface area contributed by atoms with E-state index in [2.05, 4.69) is 4.98 Å². The molecule has 0 N–H and O–H groups in total. The lowest BCUT2D eigenvalue weighted by molar-refractivity contribution is -0.136. The van der Waals surface area contributed by atoms with Gasteiger partial charge in [0.25, 0.3) is 0 Å². The highest BCUT2D eigenvalue weighted by Crippen LogP contribution is 2.46. The van der Waals surface area contributed by atoms with Crippen molar-refractivity contribution in [3.63, 3.8) is 0 Å². The number of pyridine rings is 1. The SMILES string of the molecule is Cc1cc(C2(S(C)(=O)=O)C=CC=C(c3ccccc3)C2)c2cccc(C(F)(F)F)c2n1. The van der Waals surface area contributed by atoms with Crippen LogP contribution in [0.15, 0.2) is 72.8 Å². The van der Waals surface area contributed by atoms with Gasteiger partial charge in [0.1, 0.15) is 4.75 Å². The maximum absolute atomic E-state index is 13.7. The van der Waals surface area contributed by atoms with Gasteiger partial charge in [-0.05, 0) is 35.8 Å². The van der Waals surface area contributed by atoms with Gasteiger partial charge in [-0.15, -0.1) is 0 Å². The summed E-state index contributed by atoms with van der Waals surface area (Å²) in [6.45, 7) is 1.58. The number of alkyl halides is 3. The van der Waals surface area contributed by atoms with Gasteiger partial charge in [0.05, 0.1) is 11.1 Å². The second kappa shape index (κ2) is 7.34. The van der Waals surface area contributed by atoms with E-state index < -0.39 is 26.3 Å². The quantitative estimate of drug-likeness (QED) is 0.511. The standard InChI is InChI=1S/C24H20F3NO2S/c1-16-14-21(19-11-6-12-20(22(19)28-16)24(25,26)27)23(31(2,29)30)13-7-10-18(15-23)17-8-4-3-5-9-17/h3-14H,15H2,1-2H3. The molecule has 0 amide bonds. The Morgan fingerprint density at radius 1 is 1.03 bits per heavy atom. The number of para-hydroxylation sites is 1. The third-order valence-corrected chi connectivity index (χ3v) is 7.47. The van der Waals surface area contributed by atoms with Crippen molar-refractivity contribution < 1.29 is 21.6 Å².